The number of fused-ring (bicyclic) bond motifs is 3. The van der Waals surface area contributed by atoms with E-state index in [9.17, 15) is 10.1 Å². The van der Waals surface area contributed by atoms with Crippen molar-refractivity contribution in [3.63, 3.8) is 0 Å². The summed E-state index contributed by atoms with van der Waals surface area (Å²) in [5, 5.41) is 22.7. The molecular formula is C29H23ClN6O. The molecule has 0 radical (unpaired) electrons. The van der Waals surface area contributed by atoms with Crippen LogP contribution in [-0.4, -0.2) is 33.6 Å². The number of hydrogen-bond acceptors (Lipinski definition) is 5. The van der Waals surface area contributed by atoms with Gasteiger partial charge >= 0.3 is 6.03 Å². The van der Waals surface area contributed by atoms with Gasteiger partial charge in [0.2, 0.25) is 0 Å². The minimum Gasteiger partial charge on any atom is -0.333 e. The van der Waals surface area contributed by atoms with Gasteiger partial charge in [-0.1, -0.05) is 35.9 Å². The Bertz CT molecular complexity index is 1590. The first-order chi connectivity index (χ1) is 18.1. The number of carbonyl (C=O) groups is 1. The quantitative estimate of drug-likeness (QED) is 0.372. The third-order valence-electron chi connectivity index (χ3n) is 6.51. The molecule has 1 aliphatic rings. The Labute approximate surface area is 219 Å². The van der Waals surface area contributed by atoms with Crippen LogP contribution in [-0.2, 0) is 19.5 Å². The van der Waals surface area contributed by atoms with Gasteiger partial charge in [0.05, 0.1) is 28.8 Å². The maximum Gasteiger partial charge on any atom is 0.326 e. The normalized spacial score (nSPS) is 13.3. The summed E-state index contributed by atoms with van der Waals surface area (Å²) in [5.74, 6) is 0. The molecule has 2 aromatic heterocycles. The molecule has 2 aromatic carbocycles. The van der Waals surface area contributed by atoms with Gasteiger partial charge in [-0.15, -0.1) is 0 Å². The fourth-order valence-electron chi connectivity index (χ4n) is 4.69. The number of nitrogens with zero attached hydrogens (tertiary/aromatic N) is 5. The average Bonchev–Trinajstić information content (AvgIpc) is 3.25. The van der Waals surface area contributed by atoms with Crippen LogP contribution in [0.2, 0.25) is 5.15 Å². The zero-order valence-electron chi connectivity index (χ0n) is 20.0. The van der Waals surface area contributed by atoms with E-state index >= 15 is 0 Å². The molecule has 8 heteroatoms. The van der Waals surface area contributed by atoms with Crippen LogP contribution in [0.4, 0.5) is 4.79 Å². The molecule has 1 aliphatic heterocycles. The summed E-state index contributed by atoms with van der Waals surface area (Å²) in [6, 6.07) is 20.6. The van der Waals surface area contributed by atoms with E-state index in [2.05, 4.69) is 33.4 Å². The van der Waals surface area contributed by atoms with E-state index in [1.54, 1.807) is 22.9 Å². The van der Waals surface area contributed by atoms with Gasteiger partial charge in [-0.2, -0.15) is 10.5 Å². The Hall–Kier alpha value is -4.43. The maximum atomic E-state index is 13.4. The maximum absolute atomic E-state index is 13.4. The Kier molecular flexibility index (Phi) is 7.00. The molecule has 7 nitrogen and oxygen atoms in total. The lowest BCUT2D eigenvalue weighted by Gasteiger charge is -2.27. The van der Waals surface area contributed by atoms with E-state index in [4.69, 9.17) is 16.9 Å². The van der Waals surface area contributed by atoms with Crippen molar-refractivity contribution in [2.75, 3.05) is 13.1 Å². The topological polar surface area (TPSA) is 97.7 Å². The fraction of sp³-hybridized carbons (Fsp3) is 0.172. The number of hydrogen-bond donors (Lipinski definition) is 1. The van der Waals surface area contributed by atoms with Crippen molar-refractivity contribution >= 4 is 34.6 Å². The van der Waals surface area contributed by atoms with E-state index in [-0.39, 0.29) is 6.03 Å². The van der Waals surface area contributed by atoms with Gasteiger partial charge in [0.25, 0.3) is 0 Å². The second-order valence-electron chi connectivity index (χ2n) is 8.87. The molecule has 1 amide bonds. The zero-order chi connectivity index (χ0) is 25.8. The van der Waals surface area contributed by atoms with Gasteiger partial charge in [-0.3, -0.25) is 9.47 Å². The lowest BCUT2D eigenvalue weighted by molar-refractivity contribution is 0.240. The third kappa shape index (κ3) is 5.24. The molecule has 0 fully saturated rings. The molecule has 0 saturated carbocycles. The first-order valence-electron chi connectivity index (χ1n) is 11.9. The highest BCUT2D eigenvalue weighted by molar-refractivity contribution is 6.29. The lowest BCUT2D eigenvalue weighted by Crippen LogP contribution is -2.34. The number of nitriles is 2. The molecule has 3 heterocycles. The van der Waals surface area contributed by atoms with Crippen molar-refractivity contribution in [1.82, 2.24) is 19.8 Å². The third-order valence-corrected chi connectivity index (χ3v) is 6.71. The van der Waals surface area contributed by atoms with Gasteiger partial charge in [0, 0.05) is 49.9 Å². The minimum absolute atomic E-state index is 0.210. The van der Waals surface area contributed by atoms with Crippen LogP contribution in [0.25, 0.3) is 17.0 Å². The summed E-state index contributed by atoms with van der Waals surface area (Å²) in [7, 11) is 0. The molecule has 1 N–H and O–H groups in total. The number of carbonyl (C=O) groups excluding carboxylic acids is 1. The van der Waals surface area contributed by atoms with Gasteiger partial charge < -0.3 is 5.32 Å². The number of pyridine rings is 1. The van der Waals surface area contributed by atoms with Crippen molar-refractivity contribution in [1.29, 1.82) is 10.5 Å². The number of aromatic nitrogens is 2. The standard InChI is InChI=1S/C29H23ClN6O/c30-28-15-23(9-11-33-28)18-34-29(37)36-26-8-7-22(17-32)14-24(26)25-19-35(13-10-27(25)36)12-1-2-20-3-5-21(16-31)6-4-20/h1-9,11,14-15H,10,12-13,18-19H2,(H,34,37). The van der Waals surface area contributed by atoms with Crippen LogP contribution in [0.15, 0.2) is 66.9 Å². The number of rotatable bonds is 5. The summed E-state index contributed by atoms with van der Waals surface area (Å²) >= 11 is 5.98. The van der Waals surface area contributed by atoms with Crippen LogP contribution in [0.5, 0.6) is 0 Å². The van der Waals surface area contributed by atoms with Crippen LogP contribution < -0.4 is 5.32 Å². The summed E-state index contributed by atoms with van der Waals surface area (Å²) in [6.45, 7) is 2.56. The molecule has 0 atom stereocenters. The molecular weight excluding hydrogens is 484 g/mol. The van der Waals surface area contributed by atoms with Gasteiger partial charge in [-0.25, -0.2) is 9.78 Å². The predicted octanol–water partition coefficient (Wildman–Crippen LogP) is 5.26. The highest BCUT2D eigenvalue weighted by Gasteiger charge is 2.26. The van der Waals surface area contributed by atoms with Gasteiger partial charge in [0.1, 0.15) is 5.15 Å². The number of halogens is 1. The van der Waals surface area contributed by atoms with Gasteiger partial charge in [-0.05, 0) is 59.2 Å². The molecule has 0 aliphatic carbocycles. The van der Waals surface area contributed by atoms with Crippen molar-refractivity contribution in [3.8, 4) is 12.1 Å². The fourth-order valence-corrected chi connectivity index (χ4v) is 4.88. The molecule has 5 rings (SSSR count). The summed E-state index contributed by atoms with van der Waals surface area (Å²) < 4.78 is 1.75. The molecule has 0 saturated heterocycles. The van der Waals surface area contributed by atoms with E-state index in [1.807, 2.05) is 48.5 Å². The van der Waals surface area contributed by atoms with Crippen molar-refractivity contribution in [3.05, 3.63) is 106 Å². The van der Waals surface area contributed by atoms with E-state index in [0.717, 1.165) is 46.4 Å². The second-order valence-corrected chi connectivity index (χ2v) is 9.26. The summed E-state index contributed by atoms with van der Waals surface area (Å²) in [6.07, 6.45) is 6.49. The SMILES string of the molecule is N#Cc1ccc(C=CCN2CCc3c(c4cc(C#N)ccc4n3C(=O)NCc3ccnc(Cl)c3)C2)cc1. The first kappa shape index (κ1) is 24.3. The van der Waals surface area contributed by atoms with Crippen LogP contribution >= 0.6 is 11.6 Å². The van der Waals surface area contributed by atoms with Crippen molar-refractivity contribution < 1.29 is 4.79 Å². The molecule has 0 spiro atoms. The predicted molar refractivity (Wildman–Crippen MR) is 143 cm³/mol. The molecule has 182 valence electrons. The van der Waals surface area contributed by atoms with Crippen molar-refractivity contribution in [2.24, 2.45) is 0 Å². The smallest absolute Gasteiger partial charge is 0.326 e. The molecule has 37 heavy (non-hydrogen) atoms. The van der Waals surface area contributed by atoms with Crippen LogP contribution in [0.1, 0.15) is 33.5 Å². The monoisotopic (exact) mass is 506 g/mol. The van der Waals surface area contributed by atoms with E-state index in [1.165, 1.54) is 0 Å². The zero-order valence-corrected chi connectivity index (χ0v) is 20.7. The average molecular weight is 507 g/mol. The Morgan fingerprint density at radius 3 is 2.62 bits per heavy atom. The lowest BCUT2D eigenvalue weighted by atomic mass is 10.0. The second kappa shape index (κ2) is 10.7. The Morgan fingerprint density at radius 2 is 1.86 bits per heavy atom. The first-order valence-corrected chi connectivity index (χ1v) is 12.3. The highest BCUT2D eigenvalue weighted by atomic mass is 35.5. The summed E-state index contributed by atoms with van der Waals surface area (Å²) in [4.78, 5) is 19.7. The van der Waals surface area contributed by atoms with Gasteiger partial charge in [0.15, 0.2) is 0 Å². The highest BCUT2D eigenvalue weighted by Crippen LogP contribution is 2.31. The minimum atomic E-state index is -0.210. The number of benzene rings is 2. The number of nitrogens with one attached hydrogen (secondary N) is 1. The number of amides is 1. The summed E-state index contributed by atoms with van der Waals surface area (Å²) in [5.41, 5.74) is 5.96. The van der Waals surface area contributed by atoms with Crippen LogP contribution in [0, 0.1) is 22.7 Å². The van der Waals surface area contributed by atoms with Crippen LogP contribution in [0.3, 0.4) is 0 Å². The van der Waals surface area contributed by atoms with Crippen molar-refractivity contribution in [2.45, 2.75) is 19.5 Å². The Morgan fingerprint density at radius 1 is 1.08 bits per heavy atom. The van der Waals surface area contributed by atoms with E-state index < -0.39 is 0 Å². The van der Waals surface area contributed by atoms with E-state index in [0.29, 0.717) is 35.8 Å². The Balaban J connectivity index is 1.38. The molecule has 4 aromatic rings. The molecule has 0 bridgehead atoms. The molecule has 0 unspecified atom stereocenters. The largest absolute Gasteiger partial charge is 0.333 e.